The van der Waals surface area contributed by atoms with E-state index < -0.39 is 0 Å². The summed E-state index contributed by atoms with van der Waals surface area (Å²) < 4.78 is 10.6. The molecule has 7 nitrogen and oxygen atoms in total. The molecule has 1 aromatic heterocycles. The van der Waals surface area contributed by atoms with Crippen molar-refractivity contribution < 1.29 is 14.1 Å². The van der Waals surface area contributed by atoms with Crippen LogP contribution in [0, 0.1) is 5.92 Å². The molecule has 2 heterocycles. The van der Waals surface area contributed by atoms with Crippen LogP contribution in [0.15, 0.2) is 28.8 Å². The van der Waals surface area contributed by atoms with Crippen molar-refractivity contribution in [2.24, 2.45) is 5.92 Å². The van der Waals surface area contributed by atoms with Crippen LogP contribution in [0.1, 0.15) is 32.6 Å². The third-order valence-electron chi connectivity index (χ3n) is 5.19. The Balaban J connectivity index is 1.53. The van der Waals surface area contributed by atoms with Crippen molar-refractivity contribution in [3.63, 3.8) is 0 Å². The fourth-order valence-corrected chi connectivity index (χ4v) is 3.39. The van der Waals surface area contributed by atoms with Gasteiger partial charge in [-0.1, -0.05) is 19.0 Å². The molecule has 7 heteroatoms. The van der Waals surface area contributed by atoms with E-state index in [9.17, 15) is 4.79 Å². The lowest BCUT2D eigenvalue weighted by atomic mass is 10.0. The Hall–Kier alpha value is -2.41. The van der Waals surface area contributed by atoms with Crippen molar-refractivity contribution in [3.05, 3.63) is 30.2 Å². The van der Waals surface area contributed by atoms with Crippen LogP contribution in [0.4, 0.5) is 0 Å². The first-order valence-corrected chi connectivity index (χ1v) is 9.62. The second-order valence-corrected chi connectivity index (χ2v) is 6.86. The van der Waals surface area contributed by atoms with Gasteiger partial charge in [0, 0.05) is 37.7 Å². The second-order valence-electron chi connectivity index (χ2n) is 6.86. The highest BCUT2D eigenvalue weighted by molar-refractivity contribution is 5.78. The number of piperazine rings is 1. The van der Waals surface area contributed by atoms with Gasteiger partial charge in [0.05, 0.1) is 13.7 Å². The normalized spacial score (nSPS) is 15.3. The molecule has 0 spiro atoms. The van der Waals surface area contributed by atoms with Gasteiger partial charge in [0.1, 0.15) is 5.75 Å². The highest BCUT2D eigenvalue weighted by Gasteiger charge is 2.26. The maximum atomic E-state index is 12.5. The number of hydrogen-bond donors (Lipinski definition) is 0. The molecule has 0 N–H and O–H groups in total. The quantitative estimate of drug-likeness (QED) is 0.744. The lowest BCUT2D eigenvalue weighted by Crippen LogP contribution is -2.49. The minimum absolute atomic E-state index is 0.152. The average Bonchev–Trinajstić information content (AvgIpc) is 3.18. The van der Waals surface area contributed by atoms with E-state index in [-0.39, 0.29) is 5.92 Å². The van der Waals surface area contributed by atoms with Gasteiger partial charge in [0.15, 0.2) is 0 Å². The van der Waals surface area contributed by atoms with Crippen LogP contribution in [0.25, 0.3) is 11.4 Å². The molecule has 0 aliphatic carbocycles. The molecule has 1 saturated heterocycles. The van der Waals surface area contributed by atoms with Crippen LogP contribution in [0.2, 0.25) is 0 Å². The lowest BCUT2D eigenvalue weighted by Gasteiger charge is -2.35. The fraction of sp³-hybridized carbons (Fsp3) is 0.550. The number of methoxy groups -OCH3 is 1. The number of amides is 1. The number of carbonyl (C=O) groups excluding carboxylic acids is 1. The van der Waals surface area contributed by atoms with Crippen LogP contribution in [-0.2, 0) is 11.3 Å². The average molecular weight is 372 g/mol. The Bertz CT molecular complexity index is 732. The first kappa shape index (κ1) is 19.4. The first-order valence-electron chi connectivity index (χ1n) is 9.62. The van der Waals surface area contributed by atoms with Gasteiger partial charge in [-0.3, -0.25) is 9.69 Å². The molecule has 0 unspecified atom stereocenters. The van der Waals surface area contributed by atoms with Gasteiger partial charge < -0.3 is 14.2 Å². The molecule has 146 valence electrons. The molecule has 1 aliphatic rings. The number of ether oxygens (including phenoxy) is 1. The van der Waals surface area contributed by atoms with Crippen LogP contribution < -0.4 is 4.74 Å². The number of benzene rings is 1. The minimum atomic E-state index is 0.152. The minimum Gasteiger partial charge on any atom is -0.497 e. The van der Waals surface area contributed by atoms with Crippen molar-refractivity contribution in [3.8, 4) is 17.1 Å². The van der Waals surface area contributed by atoms with Crippen molar-refractivity contribution in [1.29, 1.82) is 0 Å². The molecule has 1 amide bonds. The molecule has 0 saturated carbocycles. The van der Waals surface area contributed by atoms with E-state index in [2.05, 4.69) is 28.9 Å². The Morgan fingerprint density at radius 1 is 1.15 bits per heavy atom. The molecule has 3 rings (SSSR count). The van der Waals surface area contributed by atoms with E-state index in [1.165, 1.54) is 0 Å². The molecule has 0 radical (unpaired) electrons. The van der Waals surface area contributed by atoms with E-state index in [0.717, 1.165) is 50.3 Å². The summed E-state index contributed by atoms with van der Waals surface area (Å²) in [5.74, 6) is 2.41. The summed E-state index contributed by atoms with van der Waals surface area (Å²) in [6.45, 7) is 7.94. The summed E-state index contributed by atoms with van der Waals surface area (Å²) in [5, 5.41) is 4.08. The molecule has 27 heavy (non-hydrogen) atoms. The number of aromatic nitrogens is 2. The van der Waals surface area contributed by atoms with E-state index in [0.29, 0.717) is 24.2 Å². The van der Waals surface area contributed by atoms with Gasteiger partial charge in [0.2, 0.25) is 17.6 Å². The van der Waals surface area contributed by atoms with Crippen LogP contribution >= 0.6 is 0 Å². The number of nitrogens with zero attached hydrogens (tertiary/aromatic N) is 4. The summed E-state index contributed by atoms with van der Waals surface area (Å²) in [7, 11) is 1.64. The molecule has 1 aromatic carbocycles. The lowest BCUT2D eigenvalue weighted by molar-refractivity contribution is -0.137. The predicted molar refractivity (Wildman–Crippen MR) is 102 cm³/mol. The fourth-order valence-electron chi connectivity index (χ4n) is 3.39. The molecule has 0 atom stereocenters. The third-order valence-corrected chi connectivity index (χ3v) is 5.19. The number of hydrogen-bond acceptors (Lipinski definition) is 6. The molecule has 1 aliphatic heterocycles. The standard InChI is InChI=1S/C20H28N4O3/c1-4-15(5-2)20(25)24-12-10-23(11-13-24)14-18-21-19(22-27-18)16-6-8-17(26-3)9-7-16/h6-9,15H,4-5,10-14H2,1-3H3. The maximum Gasteiger partial charge on any atom is 0.241 e. The highest BCUT2D eigenvalue weighted by Crippen LogP contribution is 2.20. The van der Waals surface area contributed by atoms with Gasteiger partial charge in [0.25, 0.3) is 0 Å². The summed E-state index contributed by atoms with van der Waals surface area (Å²) in [5.41, 5.74) is 0.895. The van der Waals surface area contributed by atoms with Crippen molar-refractivity contribution in [2.45, 2.75) is 33.2 Å². The topological polar surface area (TPSA) is 71.7 Å². The smallest absolute Gasteiger partial charge is 0.241 e. The van der Waals surface area contributed by atoms with E-state index >= 15 is 0 Å². The maximum absolute atomic E-state index is 12.5. The molecular weight excluding hydrogens is 344 g/mol. The van der Waals surface area contributed by atoms with E-state index in [4.69, 9.17) is 9.26 Å². The van der Waals surface area contributed by atoms with Crippen LogP contribution in [0.5, 0.6) is 5.75 Å². The Morgan fingerprint density at radius 2 is 1.81 bits per heavy atom. The summed E-state index contributed by atoms with van der Waals surface area (Å²) in [6.07, 6.45) is 1.82. The second kappa shape index (κ2) is 8.99. The zero-order valence-corrected chi connectivity index (χ0v) is 16.4. The largest absolute Gasteiger partial charge is 0.497 e. The number of rotatable bonds is 7. The summed E-state index contributed by atoms with van der Waals surface area (Å²) in [4.78, 5) is 21.2. The zero-order chi connectivity index (χ0) is 19.2. The van der Waals surface area contributed by atoms with Crippen molar-refractivity contribution in [2.75, 3.05) is 33.3 Å². The van der Waals surface area contributed by atoms with Gasteiger partial charge in [-0.2, -0.15) is 4.98 Å². The monoisotopic (exact) mass is 372 g/mol. The SMILES string of the molecule is CCC(CC)C(=O)N1CCN(Cc2nc(-c3ccc(OC)cc3)no2)CC1. The molecule has 0 bridgehead atoms. The van der Waals surface area contributed by atoms with Gasteiger partial charge in [-0.05, 0) is 37.1 Å². The Labute approximate surface area is 160 Å². The third kappa shape index (κ3) is 4.66. The van der Waals surface area contributed by atoms with Crippen molar-refractivity contribution >= 4 is 5.91 Å². The molecule has 2 aromatic rings. The van der Waals surface area contributed by atoms with Gasteiger partial charge in [-0.15, -0.1) is 0 Å². The van der Waals surface area contributed by atoms with E-state index in [1.807, 2.05) is 29.2 Å². The predicted octanol–water partition coefficient (Wildman–Crippen LogP) is 2.83. The summed E-state index contributed by atoms with van der Waals surface area (Å²) in [6, 6.07) is 7.58. The highest BCUT2D eigenvalue weighted by atomic mass is 16.5. The molecule has 1 fully saturated rings. The van der Waals surface area contributed by atoms with Gasteiger partial charge in [-0.25, -0.2) is 0 Å². The summed E-state index contributed by atoms with van der Waals surface area (Å²) >= 11 is 0. The number of carbonyl (C=O) groups is 1. The van der Waals surface area contributed by atoms with Crippen LogP contribution in [0.3, 0.4) is 0 Å². The molecular formula is C20H28N4O3. The Kier molecular flexibility index (Phi) is 6.45. The van der Waals surface area contributed by atoms with Gasteiger partial charge >= 0.3 is 0 Å². The van der Waals surface area contributed by atoms with Crippen molar-refractivity contribution in [1.82, 2.24) is 19.9 Å². The Morgan fingerprint density at radius 3 is 2.41 bits per heavy atom. The van der Waals surface area contributed by atoms with E-state index in [1.54, 1.807) is 7.11 Å². The first-order chi connectivity index (χ1) is 13.1. The van der Waals surface area contributed by atoms with Crippen LogP contribution in [-0.4, -0.2) is 59.1 Å². The zero-order valence-electron chi connectivity index (χ0n) is 16.4.